The van der Waals surface area contributed by atoms with Crippen LogP contribution in [-0.2, 0) is 15.1 Å². The minimum Gasteiger partial charge on any atom is -0.489 e. The van der Waals surface area contributed by atoms with Crippen molar-refractivity contribution >= 4 is 16.9 Å². The molecule has 0 radical (unpaired) electrons. The third-order valence-corrected chi connectivity index (χ3v) is 6.24. The maximum Gasteiger partial charge on any atom is 0.405 e. The Labute approximate surface area is 200 Å². The lowest BCUT2D eigenvalue weighted by Gasteiger charge is -2.32. The molecule has 188 valence electrons. The van der Waals surface area contributed by atoms with Crippen LogP contribution in [0.5, 0.6) is 5.75 Å². The SMILES string of the molecule is CC(C)[C@](N)(C(=O)NCC(F)(F)F)c1cncc(-c2c[nH]c3ncc(OC4CCOCC4)cc23)c1. The zero-order valence-corrected chi connectivity index (χ0v) is 19.5. The summed E-state index contributed by atoms with van der Waals surface area (Å²) < 4.78 is 49.5. The molecule has 1 fully saturated rings. The van der Waals surface area contributed by atoms with E-state index in [9.17, 15) is 18.0 Å². The average Bonchev–Trinajstić information content (AvgIpc) is 3.25. The second-order valence-electron chi connectivity index (χ2n) is 8.98. The Morgan fingerprint density at radius 2 is 2.00 bits per heavy atom. The second-order valence-corrected chi connectivity index (χ2v) is 8.98. The number of nitrogens with one attached hydrogen (secondary N) is 2. The van der Waals surface area contributed by atoms with Gasteiger partial charge in [0.25, 0.3) is 0 Å². The number of alkyl halides is 3. The van der Waals surface area contributed by atoms with E-state index in [1.54, 1.807) is 38.5 Å². The van der Waals surface area contributed by atoms with E-state index in [4.69, 9.17) is 15.2 Å². The fraction of sp³-hybridized carbons (Fsp3) is 0.458. The number of aromatic amines is 1. The smallest absolute Gasteiger partial charge is 0.405 e. The van der Waals surface area contributed by atoms with Crippen LogP contribution in [0.25, 0.3) is 22.2 Å². The fourth-order valence-electron chi connectivity index (χ4n) is 4.14. The van der Waals surface area contributed by atoms with Crippen molar-refractivity contribution < 1.29 is 27.4 Å². The Kier molecular flexibility index (Phi) is 7.00. The first-order valence-corrected chi connectivity index (χ1v) is 11.4. The normalized spacial score (nSPS) is 16.9. The molecule has 4 rings (SSSR count). The summed E-state index contributed by atoms with van der Waals surface area (Å²) in [6.07, 6.45) is 3.53. The van der Waals surface area contributed by atoms with E-state index in [1.807, 2.05) is 11.4 Å². The zero-order chi connectivity index (χ0) is 25.2. The van der Waals surface area contributed by atoms with E-state index in [0.29, 0.717) is 35.7 Å². The number of hydrogen-bond donors (Lipinski definition) is 3. The Hall–Kier alpha value is -3.18. The van der Waals surface area contributed by atoms with E-state index in [2.05, 4.69) is 15.0 Å². The van der Waals surface area contributed by atoms with E-state index in [-0.39, 0.29) is 6.10 Å². The summed E-state index contributed by atoms with van der Waals surface area (Å²) in [5.41, 5.74) is 7.05. The second kappa shape index (κ2) is 9.82. The van der Waals surface area contributed by atoms with Gasteiger partial charge in [-0.1, -0.05) is 13.8 Å². The van der Waals surface area contributed by atoms with Gasteiger partial charge in [-0.15, -0.1) is 0 Å². The predicted molar refractivity (Wildman–Crippen MR) is 124 cm³/mol. The summed E-state index contributed by atoms with van der Waals surface area (Å²) in [6.45, 7) is 3.20. The molecule has 3 aromatic heterocycles. The lowest BCUT2D eigenvalue weighted by molar-refractivity contribution is -0.143. The van der Waals surface area contributed by atoms with Gasteiger partial charge in [-0.3, -0.25) is 9.78 Å². The van der Waals surface area contributed by atoms with E-state index < -0.39 is 30.1 Å². The van der Waals surface area contributed by atoms with Gasteiger partial charge in [0.1, 0.15) is 29.6 Å². The van der Waals surface area contributed by atoms with Crippen LogP contribution in [0.15, 0.2) is 36.9 Å². The zero-order valence-electron chi connectivity index (χ0n) is 19.5. The Bertz CT molecular complexity index is 1190. The third-order valence-electron chi connectivity index (χ3n) is 6.24. The number of fused-ring (bicyclic) bond motifs is 1. The molecule has 0 bridgehead atoms. The summed E-state index contributed by atoms with van der Waals surface area (Å²) >= 11 is 0. The van der Waals surface area contributed by atoms with Gasteiger partial charge in [0, 0.05) is 53.5 Å². The van der Waals surface area contributed by atoms with Crippen molar-refractivity contribution in [2.24, 2.45) is 11.7 Å². The fourth-order valence-corrected chi connectivity index (χ4v) is 4.14. The number of pyridine rings is 2. The van der Waals surface area contributed by atoms with Gasteiger partial charge in [0.2, 0.25) is 5.91 Å². The highest BCUT2D eigenvalue weighted by Crippen LogP contribution is 2.34. The van der Waals surface area contributed by atoms with Crippen molar-refractivity contribution in [3.8, 4) is 16.9 Å². The lowest BCUT2D eigenvalue weighted by atomic mass is 9.80. The lowest BCUT2D eigenvalue weighted by Crippen LogP contribution is -2.56. The minimum atomic E-state index is -4.55. The van der Waals surface area contributed by atoms with Crippen LogP contribution in [0.2, 0.25) is 0 Å². The maximum atomic E-state index is 12.8. The minimum absolute atomic E-state index is 0.0505. The summed E-state index contributed by atoms with van der Waals surface area (Å²) in [7, 11) is 0. The number of nitrogens with zero attached hydrogens (tertiary/aromatic N) is 2. The predicted octanol–water partition coefficient (Wildman–Crippen LogP) is 3.67. The number of rotatable bonds is 7. The number of aromatic nitrogens is 3. The molecule has 11 heteroatoms. The summed E-state index contributed by atoms with van der Waals surface area (Å²) in [4.78, 5) is 24.6. The molecule has 0 unspecified atom stereocenters. The number of halogens is 3. The molecule has 1 aliphatic rings. The molecule has 1 atom stereocenters. The van der Waals surface area contributed by atoms with Gasteiger partial charge in [0.15, 0.2) is 0 Å². The van der Waals surface area contributed by atoms with Crippen molar-refractivity contribution in [1.29, 1.82) is 0 Å². The van der Waals surface area contributed by atoms with Crippen molar-refractivity contribution in [2.45, 2.75) is 44.5 Å². The molecule has 35 heavy (non-hydrogen) atoms. The van der Waals surface area contributed by atoms with Gasteiger partial charge in [-0.2, -0.15) is 13.2 Å². The number of H-pyrrole nitrogens is 1. The first-order chi connectivity index (χ1) is 16.6. The molecule has 0 saturated carbocycles. The summed E-state index contributed by atoms with van der Waals surface area (Å²) in [5.74, 6) is -0.801. The van der Waals surface area contributed by atoms with Crippen LogP contribution >= 0.6 is 0 Å². The van der Waals surface area contributed by atoms with Gasteiger partial charge in [-0.25, -0.2) is 4.98 Å². The molecule has 0 aromatic carbocycles. The van der Waals surface area contributed by atoms with Gasteiger partial charge in [0.05, 0.1) is 19.4 Å². The summed E-state index contributed by atoms with van der Waals surface area (Å²) in [6, 6.07) is 3.55. The highest BCUT2D eigenvalue weighted by atomic mass is 19.4. The van der Waals surface area contributed by atoms with Crippen LogP contribution in [-0.4, -0.2) is 52.9 Å². The average molecular weight is 492 g/mol. The Balaban J connectivity index is 1.66. The van der Waals surface area contributed by atoms with Gasteiger partial charge in [-0.05, 0) is 18.1 Å². The van der Waals surface area contributed by atoms with Crippen LogP contribution < -0.4 is 15.8 Å². The molecule has 8 nitrogen and oxygen atoms in total. The molecule has 1 amide bonds. The number of ether oxygens (including phenoxy) is 2. The van der Waals surface area contributed by atoms with Crippen molar-refractivity contribution in [2.75, 3.05) is 19.8 Å². The highest BCUT2D eigenvalue weighted by molar-refractivity contribution is 5.95. The number of carbonyl (C=O) groups excluding carboxylic acids is 1. The van der Waals surface area contributed by atoms with Crippen LogP contribution in [0, 0.1) is 5.92 Å². The topological polar surface area (TPSA) is 115 Å². The molecular weight excluding hydrogens is 463 g/mol. The molecule has 1 saturated heterocycles. The summed E-state index contributed by atoms with van der Waals surface area (Å²) in [5, 5.41) is 2.69. The molecule has 0 spiro atoms. The molecule has 4 N–H and O–H groups in total. The molecule has 3 aromatic rings. The number of amides is 1. The quantitative estimate of drug-likeness (QED) is 0.465. The maximum absolute atomic E-state index is 12.8. The standard InChI is InChI=1S/C24H28F3N5O3/c1-14(2)24(28,22(33)32-13-23(25,26)27)16-7-15(9-29-10-16)20-12-31-21-19(20)8-18(11-30-21)35-17-3-5-34-6-4-17/h7-12,14,17H,3-6,13,28H2,1-2H3,(H,30,31)(H,32,33)/t24-/m1/s1. The van der Waals surface area contributed by atoms with Crippen molar-refractivity contribution in [3.05, 3.63) is 42.5 Å². The first kappa shape index (κ1) is 24.9. The van der Waals surface area contributed by atoms with E-state index >= 15 is 0 Å². The monoisotopic (exact) mass is 491 g/mol. The number of carbonyl (C=O) groups is 1. The Morgan fingerprint density at radius 3 is 2.69 bits per heavy atom. The van der Waals surface area contributed by atoms with E-state index in [0.717, 1.165) is 23.8 Å². The Morgan fingerprint density at radius 1 is 1.26 bits per heavy atom. The number of nitrogens with two attached hydrogens (primary N) is 1. The van der Waals surface area contributed by atoms with Gasteiger partial charge >= 0.3 is 6.18 Å². The molecule has 4 heterocycles. The number of hydrogen-bond acceptors (Lipinski definition) is 6. The largest absolute Gasteiger partial charge is 0.489 e. The first-order valence-electron chi connectivity index (χ1n) is 11.4. The molecular formula is C24H28F3N5O3. The molecule has 1 aliphatic heterocycles. The highest BCUT2D eigenvalue weighted by Gasteiger charge is 2.41. The van der Waals surface area contributed by atoms with Crippen LogP contribution in [0.1, 0.15) is 32.3 Å². The van der Waals surface area contributed by atoms with Gasteiger partial charge < -0.3 is 25.5 Å². The van der Waals surface area contributed by atoms with Crippen LogP contribution in [0.3, 0.4) is 0 Å². The van der Waals surface area contributed by atoms with E-state index in [1.165, 1.54) is 6.20 Å². The third kappa shape index (κ3) is 5.40. The van der Waals surface area contributed by atoms with Crippen LogP contribution in [0.4, 0.5) is 13.2 Å². The van der Waals surface area contributed by atoms with Crippen molar-refractivity contribution in [3.63, 3.8) is 0 Å². The molecule has 0 aliphatic carbocycles. The van der Waals surface area contributed by atoms with Crippen molar-refractivity contribution in [1.82, 2.24) is 20.3 Å².